The standard InChI is InChI=1S/C9H15N3O3S/c1-16(13,14)6-7-11-8(12-15-7)9(10)4-2-3-5-9/h2-6,10H2,1H3. The molecule has 1 aromatic rings. The van der Waals surface area contributed by atoms with Crippen molar-refractivity contribution >= 4 is 9.84 Å². The fourth-order valence-corrected chi connectivity index (χ4v) is 2.54. The molecule has 0 atom stereocenters. The molecule has 1 heterocycles. The number of hydrogen-bond donors (Lipinski definition) is 1. The molecule has 0 aliphatic heterocycles. The number of sulfone groups is 1. The number of nitrogens with two attached hydrogens (primary N) is 1. The van der Waals surface area contributed by atoms with Crippen LogP contribution < -0.4 is 5.73 Å². The van der Waals surface area contributed by atoms with Crippen molar-refractivity contribution in [2.45, 2.75) is 37.0 Å². The van der Waals surface area contributed by atoms with Crippen LogP contribution in [0.4, 0.5) is 0 Å². The number of nitrogens with zero attached hydrogens (tertiary/aromatic N) is 2. The molecule has 6 nitrogen and oxygen atoms in total. The summed E-state index contributed by atoms with van der Waals surface area (Å²) in [5.41, 5.74) is 5.59. The monoisotopic (exact) mass is 245 g/mol. The van der Waals surface area contributed by atoms with Crippen molar-refractivity contribution in [2.75, 3.05) is 6.26 Å². The molecule has 0 spiro atoms. The third-order valence-electron chi connectivity index (χ3n) is 2.79. The van der Waals surface area contributed by atoms with Crippen molar-refractivity contribution in [1.82, 2.24) is 10.1 Å². The van der Waals surface area contributed by atoms with Crippen LogP contribution in [0, 0.1) is 0 Å². The summed E-state index contributed by atoms with van der Waals surface area (Å²) >= 11 is 0. The normalized spacial score (nSPS) is 20.1. The van der Waals surface area contributed by atoms with Crippen molar-refractivity contribution < 1.29 is 12.9 Å². The van der Waals surface area contributed by atoms with E-state index in [0.29, 0.717) is 5.82 Å². The molecule has 1 fully saturated rings. The van der Waals surface area contributed by atoms with Gasteiger partial charge in [-0.05, 0) is 12.8 Å². The van der Waals surface area contributed by atoms with Crippen LogP contribution in [-0.4, -0.2) is 24.8 Å². The molecule has 2 rings (SSSR count). The summed E-state index contributed by atoms with van der Waals surface area (Å²) in [4.78, 5) is 4.07. The molecule has 0 amide bonds. The summed E-state index contributed by atoms with van der Waals surface area (Å²) in [6.45, 7) is 0. The second-order valence-corrected chi connectivity index (χ2v) is 6.59. The van der Waals surface area contributed by atoms with Crippen LogP contribution in [0.25, 0.3) is 0 Å². The van der Waals surface area contributed by atoms with E-state index in [2.05, 4.69) is 10.1 Å². The predicted octanol–water partition coefficient (Wildman–Crippen LogP) is 0.342. The third-order valence-corrected chi connectivity index (χ3v) is 3.57. The zero-order chi connectivity index (χ0) is 11.8. The van der Waals surface area contributed by atoms with Crippen LogP contribution in [0.3, 0.4) is 0 Å². The molecule has 0 saturated heterocycles. The molecule has 0 aromatic carbocycles. The van der Waals surface area contributed by atoms with Gasteiger partial charge in [-0.25, -0.2) is 8.42 Å². The van der Waals surface area contributed by atoms with Gasteiger partial charge in [0.15, 0.2) is 15.7 Å². The summed E-state index contributed by atoms with van der Waals surface area (Å²) in [5, 5.41) is 3.78. The average Bonchev–Trinajstić information content (AvgIpc) is 2.72. The summed E-state index contributed by atoms with van der Waals surface area (Å²) in [6.07, 6.45) is 4.87. The number of hydrogen-bond acceptors (Lipinski definition) is 6. The highest BCUT2D eigenvalue weighted by molar-refractivity contribution is 7.89. The van der Waals surface area contributed by atoms with E-state index in [1.165, 1.54) is 0 Å². The van der Waals surface area contributed by atoms with Crippen molar-refractivity contribution in [2.24, 2.45) is 5.73 Å². The molecule has 0 unspecified atom stereocenters. The summed E-state index contributed by atoms with van der Waals surface area (Å²) in [7, 11) is -3.14. The van der Waals surface area contributed by atoms with Gasteiger partial charge in [0.25, 0.3) is 0 Å². The molecule has 1 aliphatic rings. The molecule has 0 bridgehead atoms. The highest BCUT2D eigenvalue weighted by atomic mass is 32.2. The molecule has 1 aliphatic carbocycles. The van der Waals surface area contributed by atoms with E-state index in [0.717, 1.165) is 31.9 Å². The van der Waals surface area contributed by atoms with E-state index >= 15 is 0 Å². The van der Waals surface area contributed by atoms with Crippen LogP contribution in [-0.2, 0) is 21.1 Å². The van der Waals surface area contributed by atoms with Crippen molar-refractivity contribution in [3.05, 3.63) is 11.7 Å². The summed E-state index contributed by atoms with van der Waals surface area (Å²) in [6, 6.07) is 0. The van der Waals surface area contributed by atoms with Gasteiger partial charge in [0, 0.05) is 6.26 Å². The topological polar surface area (TPSA) is 99.1 Å². The highest BCUT2D eigenvalue weighted by Crippen LogP contribution is 2.34. The zero-order valence-electron chi connectivity index (χ0n) is 9.14. The SMILES string of the molecule is CS(=O)(=O)Cc1nc(C2(N)CCCC2)no1. The van der Waals surface area contributed by atoms with E-state index in [9.17, 15) is 8.42 Å². The first-order chi connectivity index (χ1) is 7.39. The lowest BCUT2D eigenvalue weighted by Crippen LogP contribution is -2.34. The lowest BCUT2D eigenvalue weighted by molar-refractivity contribution is 0.354. The fourth-order valence-electron chi connectivity index (χ4n) is 1.97. The van der Waals surface area contributed by atoms with Gasteiger partial charge in [-0.1, -0.05) is 18.0 Å². The highest BCUT2D eigenvalue weighted by Gasteiger charge is 2.36. The predicted molar refractivity (Wildman–Crippen MR) is 57.2 cm³/mol. The maximum Gasteiger partial charge on any atom is 0.241 e. The Kier molecular flexibility index (Phi) is 2.75. The van der Waals surface area contributed by atoms with E-state index in [4.69, 9.17) is 10.3 Å². The summed E-state index contributed by atoms with van der Waals surface area (Å²) < 4.78 is 27.0. The van der Waals surface area contributed by atoms with Gasteiger partial charge in [0.2, 0.25) is 5.89 Å². The molecule has 16 heavy (non-hydrogen) atoms. The van der Waals surface area contributed by atoms with Crippen molar-refractivity contribution in [1.29, 1.82) is 0 Å². The third kappa shape index (κ3) is 2.41. The second kappa shape index (κ2) is 3.81. The molecule has 1 aromatic heterocycles. The Labute approximate surface area is 94.1 Å². The molecular formula is C9H15N3O3S. The Morgan fingerprint density at radius 2 is 2.06 bits per heavy atom. The minimum absolute atomic E-state index is 0.120. The quantitative estimate of drug-likeness (QED) is 0.824. The Hall–Kier alpha value is -0.950. The molecular weight excluding hydrogens is 230 g/mol. The van der Waals surface area contributed by atoms with Crippen LogP contribution in [0.2, 0.25) is 0 Å². The largest absolute Gasteiger partial charge is 0.338 e. The Balaban J connectivity index is 2.19. The van der Waals surface area contributed by atoms with E-state index in [-0.39, 0.29) is 11.6 Å². The first-order valence-electron chi connectivity index (χ1n) is 5.19. The number of rotatable bonds is 3. The van der Waals surface area contributed by atoms with Crippen LogP contribution in [0.15, 0.2) is 4.52 Å². The van der Waals surface area contributed by atoms with Gasteiger partial charge < -0.3 is 10.3 Å². The van der Waals surface area contributed by atoms with Gasteiger partial charge in [-0.15, -0.1) is 0 Å². The molecule has 90 valence electrons. The molecule has 0 radical (unpaired) electrons. The first-order valence-corrected chi connectivity index (χ1v) is 7.25. The Morgan fingerprint density at radius 3 is 2.62 bits per heavy atom. The fraction of sp³-hybridized carbons (Fsp3) is 0.778. The minimum atomic E-state index is -3.14. The van der Waals surface area contributed by atoms with E-state index in [1.54, 1.807) is 0 Å². The zero-order valence-corrected chi connectivity index (χ0v) is 9.96. The average molecular weight is 245 g/mol. The number of aromatic nitrogens is 2. The van der Waals surface area contributed by atoms with Gasteiger partial charge in [0.1, 0.15) is 5.75 Å². The van der Waals surface area contributed by atoms with Crippen molar-refractivity contribution in [3.8, 4) is 0 Å². The Morgan fingerprint density at radius 1 is 1.44 bits per heavy atom. The lowest BCUT2D eigenvalue weighted by atomic mass is 9.99. The maximum absolute atomic E-state index is 11.1. The lowest BCUT2D eigenvalue weighted by Gasteiger charge is -2.17. The smallest absolute Gasteiger partial charge is 0.241 e. The first kappa shape index (κ1) is 11.5. The van der Waals surface area contributed by atoms with Gasteiger partial charge in [-0.3, -0.25) is 0 Å². The maximum atomic E-state index is 11.1. The second-order valence-electron chi connectivity index (χ2n) is 4.45. The van der Waals surface area contributed by atoms with Crippen LogP contribution >= 0.6 is 0 Å². The van der Waals surface area contributed by atoms with Crippen molar-refractivity contribution in [3.63, 3.8) is 0 Å². The molecule has 1 saturated carbocycles. The van der Waals surface area contributed by atoms with Gasteiger partial charge in [-0.2, -0.15) is 4.98 Å². The van der Waals surface area contributed by atoms with Gasteiger partial charge >= 0.3 is 0 Å². The Bertz CT molecular complexity index is 474. The summed E-state index contributed by atoms with van der Waals surface area (Å²) in [5.74, 6) is 0.327. The van der Waals surface area contributed by atoms with Crippen LogP contribution in [0.5, 0.6) is 0 Å². The van der Waals surface area contributed by atoms with E-state index in [1.807, 2.05) is 0 Å². The van der Waals surface area contributed by atoms with E-state index < -0.39 is 15.4 Å². The van der Waals surface area contributed by atoms with Gasteiger partial charge in [0.05, 0.1) is 5.54 Å². The molecule has 7 heteroatoms. The van der Waals surface area contributed by atoms with Crippen LogP contribution in [0.1, 0.15) is 37.4 Å². The minimum Gasteiger partial charge on any atom is -0.338 e. The molecule has 2 N–H and O–H groups in total.